The zero-order valence-corrected chi connectivity index (χ0v) is 12.7. The second kappa shape index (κ2) is 5.26. The minimum atomic E-state index is 0.465. The van der Waals surface area contributed by atoms with Gasteiger partial charge in [0.2, 0.25) is 17.5 Å². The maximum Gasteiger partial charge on any atom is 0.240 e. The lowest BCUT2D eigenvalue weighted by Crippen LogP contribution is -1.99. The summed E-state index contributed by atoms with van der Waals surface area (Å²) in [6, 6.07) is 9.27. The number of methoxy groups -OCH3 is 2. The Morgan fingerprint density at radius 1 is 1.05 bits per heavy atom. The summed E-state index contributed by atoms with van der Waals surface area (Å²) in [5, 5.41) is 0.692. The first-order chi connectivity index (χ1) is 10.1. The van der Waals surface area contributed by atoms with Gasteiger partial charge in [0.15, 0.2) is 0 Å². The monoisotopic (exact) mass is 303 g/mol. The van der Waals surface area contributed by atoms with Gasteiger partial charge < -0.3 is 9.47 Å². The molecule has 3 aromatic rings. The van der Waals surface area contributed by atoms with E-state index in [2.05, 4.69) is 9.97 Å². The molecule has 0 aliphatic carbocycles. The van der Waals surface area contributed by atoms with Gasteiger partial charge in [-0.15, -0.1) is 0 Å². The third-order valence-corrected chi connectivity index (χ3v) is 3.56. The number of nitrogens with zero attached hydrogens (tertiary/aromatic N) is 3. The summed E-state index contributed by atoms with van der Waals surface area (Å²) < 4.78 is 12.4. The number of aryl methyl sites for hydroxylation is 1. The van der Waals surface area contributed by atoms with Gasteiger partial charge >= 0.3 is 0 Å². The highest BCUT2D eigenvalue weighted by atomic mass is 35.5. The van der Waals surface area contributed by atoms with E-state index < -0.39 is 0 Å². The number of halogens is 1. The summed E-state index contributed by atoms with van der Waals surface area (Å²) in [4.78, 5) is 8.93. The van der Waals surface area contributed by atoms with E-state index in [4.69, 9.17) is 21.1 Å². The Hall–Kier alpha value is -2.27. The quantitative estimate of drug-likeness (QED) is 0.744. The van der Waals surface area contributed by atoms with Crippen molar-refractivity contribution in [2.75, 3.05) is 14.2 Å². The largest absolute Gasteiger partial charge is 0.482 e. The average Bonchev–Trinajstić information content (AvgIpc) is 2.84. The molecule has 2 aromatic heterocycles. The molecule has 0 amide bonds. The molecule has 0 radical (unpaired) electrons. The molecule has 2 heterocycles. The van der Waals surface area contributed by atoms with Crippen LogP contribution in [0.2, 0.25) is 5.02 Å². The van der Waals surface area contributed by atoms with Crippen LogP contribution in [0.15, 0.2) is 30.3 Å². The molecule has 0 unspecified atom stereocenters. The van der Waals surface area contributed by atoms with Gasteiger partial charge in [-0.05, 0) is 19.1 Å². The van der Waals surface area contributed by atoms with Crippen molar-refractivity contribution in [3.63, 3.8) is 0 Å². The third-order valence-electron chi connectivity index (χ3n) is 3.30. The molecule has 0 spiro atoms. The van der Waals surface area contributed by atoms with Crippen molar-refractivity contribution in [1.29, 1.82) is 0 Å². The molecule has 0 aliphatic rings. The molecule has 0 N–H and O–H groups in total. The van der Waals surface area contributed by atoms with E-state index in [1.54, 1.807) is 20.3 Å². The van der Waals surface area contributed by atoms with Crippen LogP contribution in [0.4, 0.5) is 0 Å². The zero-order valence-electron chi connectivity index (χ0n) is 11.9. The topological polar surface area (TPSA) is 48.7 Å². The Morgan fingerprint density at radius 3 is 2.38 bits per heavy atom. The minimum Gasteiger partial charge on any atom is -0.482 e. The fourth-order valence-electron chi connectivity index (χ4n) is 2.26. The predicted octanol–water partition coefficient (Wildman–Crippen LogP) is 3.38. The Morgan fingerprint density at radius 2 is 1.76 bits per heavy atom. The number of fused-ring (bicyclic) bond motifs is 1. The maximum absolute atomic E-state index is 5.93. The maximum atomic E-state index is 5.93. The Labute approximate surface area is 127 Å². The van der Waals surface area contributed by atoms with Gasteiger partial charge in [0, 0.05) is 10.6 Å². The first kappa shape index (κ1) is 13.7. The predicted molar refractivity (Wildman–Crippen MR) is 81.3 cm³/mol. The molecule has 0 saturated carbocycles. The number of aromatic nitrogens is 3. The van der Waals surface area contributed by atoms with Crippen molar-refractivity contribution < 1.29 is 9.47 Å². The first-order valence-electron chi connectivity index (χ1n) is 6.38. The molecule has 1 aromatic carbocycles. The standard InChI is InChI=1S/C15H14ClN3O2/c1-9-14(10-4-6-11(16)7-5-10)18-15-17-12(20-2)8-13(21-3)19(9)15/h4-8H,1-3H3. The summed E-state index contributed by atoms with van der Waals surface area (Å²) in [6.45, 7) is 1.97. The van der Waals surface area contributed by atoms with Gasteiger partial charge in [-0.25, -0.2) is 4.98 Å². The molecule has 5 nitrogen and oxygen atoms in total. The van der Waals surface area contributed by atoms with Crippen LogP contribution in [-0.2, 0) is 0 Å². The van der Waals surface area contributed by atoms with Crippen molar-refractivity contribution in [3.05, 3.63) is 41.0 Å². The number of hydrogen-bond acceptors (Lipinski definition) is 4. The summed E-state index contributed by atoms with van der Waals surface area (Å²) in [5.41, 5.74) is 2.76. The molecule has 3 rings (SSSR count). The van der Waals surface area contributed by atoms with Crippen molar-refractivity contribution in [2.45, 2.75) is 6.92 Å². The van der Waals surface area contributed by atoms with Crippen LogP contribution in [-0.4, -0.2) is 28.6 Å². The third kappa shape index (κ3) is 2.29. The molecular weight excluding hydrogens is 290 g/mol. The Kier molecular flexibility index (Phi) is 3.43. The van der Waals surface area contributed by atoms with E-state index in [1.807, 2.05) is 35.6 Å². The van der Waals surface area contributed by atoms with Crippen LogP contribution in [0.5, 0.6) is 11.8 Å². The van der Waals surface area contributed by atoms with Gasteiger partial charge in [0.1, 0.15) is 0 Å². The lowest BCUT2D eigenvalue weighted by Gasteiger charge is -2.07. The van der Waals surface area contributed by atoms with E-state index in [0.29, 0.717) is 22.6 Å². The Balaban J connectivity index is 2.26. The van der Waals surface area contributed by atoms with E-state index in [0.717, 1.165) is 17.0 Å². The van der Waals surface area contributed by atoms with E-state index in [-0.39, 0.29) is 0 Å². The van der Waals surface area contributed by atoms with Crippen LogP contribution < -0.4 is 9.47 Å². The fraction of sp³-hybridized carbons (Fsp3) is 0.200. The first-order valence-corrected chi connectivity index (χ1v) is 6.76. The van der Waals surface area contributed by atoms with Crippen molar-refractivity contribution in [1.82, 2.24) is 14.4 Å². The minimum absolute atomic E-state index is 0.465. The molecule has 0 saturated heterocycles. The summed E-state index contributed by atoms with van der Waals surface area (Å²) in [6.07, 6.45) is 0. The summed E-state index contributed by atoms with van der Waals surface area (Å²) >= 11 is 5.93. The van der Waals surface area contributed by atoms with Crippen molar-refractivity contribution in [3.8, 4) is 23.0 Å². The molecule has 108 valence electrons. The molecule has 0 atom stereocenters. The molecule has 6 heteroatoms. The average molecular weight is 304 g/mol. The van der Waals surface area contributed by atoms with E-state index >= 15 is 0 Å². The van der Waals surface area contributed by atoms with Crippen molar-refractivity contribution >= 4 is 17.4 Å². The highest BCUT2D eigenvalue weighted by Crippen LogP contribution is 2.29. The van der Waals surface area contributed by atoms with Crippen LogP contribution in [0.3, 0.4) is 0 Å². The van der Waals surface area contributed by atoms with Gasteiger partial charge in [0.25, 0.3) is 0 Å². The van der Waals surface area contributed by atoms with Gasteiger partial charge in [0.05, 0.1) is 31.7 Å². The van der Waals surface area contributed by atoms with Crippen molar-refractivity contribution in [2.24, 2.45) is 0 Å². The number of imidazole rings is 1. The van der Waals surface area contributed by atoms with E-state index in [1.165, 1.54) is 0 Å². The van der Waals surface area contributed by atoms with Crippen LogP contribution in [0.1, 0.15) is 5.69 Å². The molecule has 21 heavy (non-hydrogen) atoms. The molecule has 0 aliphatic heterocycles. The van der Waals surface area contributed by atoms with Crippen LogP contribution >= 0.6 is 11.6 Å². The molecular formula is C15H14ClN3O2. The highest BCUT2D eigenvalue weighted by molar-refractivity contribution is 6.30. The fourth-order valence-corrected chi connectivity index (χ4v) is 2.39. The molecule has 0 fully saturated rings. The second-order valence-corrected chi connectivity index (χ2v) is 4.97. The van der Waals surface area contributed by atoms with E-state index in [9.17, 15) is 0 Å². The summed E-state index contributed by atoms with van der Waals surface area (Å²) in [7, 11) is 3.17. The lowest BCUT2D eigenvalue weighted by molar-refractivity contribution is 0.369. The molecule has 0 bridgehead atoms. The number of rotatable bonds is 3. The number of ether oxygens (including phenoxy) is 2. The van der Waals surface area contributed by atoms with Gasteiger partial charge in [-0.2, -0.15) is 4.98 Å². The summed E-state index contributed by atoms with van der Waals surface area (Å²) in [5.74, 6) is 1.63. The smallest absolute Gasteiger partial charge is 0.240 e. The number of hydrogen-bond donors (Lipinski definition) is 0. The number of benzene rings is 1. The van der Waals surface area contributed by atoms with Gasteiger partial charge in [-0.1, -0.05) is 23.7 Å². The van der Waals surface area contributed by atoms with Gasteiger partial charge in [-0.3, -0.25) is 4.40 Å². The highest BCUT2D eigenvalue weighted by Gasteiger charge is 2.16. The lowest BCUT2D eigenvalue weighted by atomic mass is 10.1. The van der Waals surface area contributed by atoms with Crippen LogP contribution in [0, 0.1) is 6.92 Å². The normalized spacial score (nSPS) is 10.9. The second-order valence-electron chi connectivity index (χ2n) is 4.53. The van der Waals surface area contributed by atoms with Crippen LogP contribution in [0.25, 0.3) is 17.0 Å². The Bertz CT molecular complexity index is 797. The SMILES string of the molecule is COc1cc(OC)n2c(C)c(-c3ccc(Cl)cc3)nc2n1. The zero-order chi connectivity index (χ0) is 15.0.